The summed E-state index contributed by atoms with van der Waals surface area (Å²) < 4.78 is 0. The Kier molecular flexibility index (Phi) is 4.34. The Bertz CT molecular complexity index is 439. The number of likely N-dealkylation sites (tertiary alicyclic amines) is 1. The third kappa shape index (κ3) is 2.78. The molecular formula is C12H12BrCl2NO. The van der Waals surface area contributed by atoms with Gasteiger partial charge in [0.15, 0.2) is 0 Å². The lowest BCUT2D eigenvalue weighted by Crippen LogP contribution is -2.29. The smallest absolute Gasteiger partial charge is 0.255 e. The van der Waals surface area contributed by atoms with Gasteiger partial charge in [-0.3, -0.25) is 4.79 Å². The van der Waals surface area contributed by atoms with E-state index >= 15 is 0 Å². The van der Waals surface area contributed by atoms with Gasteiger partial charge in [-0.2, -0.15) is 0 Å². The number of hydrogen-bond acceptors (Lipinski definition) is 1. The fraction of sp³-hybridized carbons (Fsp3) is 0.417. The molecule has 92 valence electrons. The zero-order valence-corrected chi connectivity index (χ0v) is 12.2. The van der Waals surface area contributed by atoms with E-state index in [4.69, 9.17) is 23.2 Å². The molecule has 0 radical (unpaired) electrons. The summed E-state index contributed by atoms with van der Waals surface area (Å²) in [5.41, 5.74) is 0.495. The standard InChI is InChI=1S/C12H12BrCl2NO/c13-6-8-4-5-16(7-8)12(17)9-2-1-3-10(14)11(9)15/h1-3,8H,4-7H2. The van der Waals surface area contributed by atoms with Gasteiger partial charge in [-0.25, -0.2) is 0 Å². The highest BCUT2D eigenvalue weighted by Crippen LogP contribution is 2.28. The van der Waals surface area contributed by atoms with Crippen LogP contribution in [0.25, 0.3) is 0 Å². The number of rotatable bonds is 2. The van der Waals surface area contributed by atoms with E-state index < -0.39 is 0 Å². The van der Waals surface area contributed by atoms with Crippen molar-refractivity contribution in [1.82, 2.24) is 4.90 Å². The second kappa shape index (κ2) is 5.59. The Morgan fingerprint density at radius 2 is 2.24 bits per heavy atom. The molecule has 0 aromatic heterocycles. The number of nitrogens with zero attached hydrogens (tertiary/aromatic N) is 1. The van der Waals surface area contributed by atoms with Gasteiger partial charge in [-0.15, -0.1) is 0 Å². The van der Waals surface area contributed by atoms with Gasteiger partial charge in [0.1, 0.15) is 0 Å². The molecule has 0 bridgehead atoms. The minimum absolute atomic E-state index is 0.0269. The lowest BCUT2D eigenvalue weighted by atomic mass is 10.2. The SMILES string of the molecule is O=C(c1cccc(Cl)c1Cl)N1CCC(CBr)C1. The maximum atomic E-state index is 12.2. The van der Waals surface area contributed by atoms with Crippen LogP contribution in [0.4, 0.5) is 0 Å². The van der Waals surface area contributed by atoms with Crippen molar-refractivity contribution >= 4 is 45.0 Å². The summed E-state index contributed by atoms with van der Waals surface area (Å²) in [4.78, 5) is 14.1. The molecule has 1 aliphatic rings. The fourth-order valence-electron chi connectivity index (χ4n) is 1.98. The number of halogens is 3. The summed E-state index contributed by atoms with van der Waals surface area (Å²) in [5.74, 6) is 0.512. The molecular weight excluding hydrogens is 325 g/mol. The Morgan fingerprint density at radius 3 is 2.88 bits per heavy atom. The Labute approximate surface area is 119 Å². The predicted molar refractivity (Wildman–Crippen MR) is 74.3 cm³/mol. The van der Waals surface area contributed by atoms with E-state index in [0.717, 1.165) is 24.8 Å². The second-order valence-electron chi connectivity index (χ2n) is 4.16. The molecule has 2 nitrogen and oxygen atoms in total. The maximum absolute atomic E-state index is 12.2. The van der Waals surface area contributed by atoms with Gasteiger partial charge in [0.05, 0.1) is 15.6 Å². The predicted octanol–water partition coefficient (Wildman–Crippen LogP) is 3.85. The molecule has 2 rings (SSSR count). The topological polar surface area (TPSA) is 20.3 Å². The lowest BCUT2D eigenvalue weighted by Gasteiger charge is -2.17. The van der Waals surface area contributed by atoms with Crippen LogP contribution in [0.3, 0.4) is 0 Å². The van der Waals surface area contributed by atoms with Crippen LogP contribution in [0, 0.1) is 5.92 Å². The minimum Gasteiger partial charge on any atom is -0.338 e. The zero-order chi connectivity index (χ0) is 12.4. The maximum Gasteiger partial charge on any atom is 0.255 e. The molecule has 1 fully saturated rings. The van der Waals surface area contributed by atoms with E-state index in [2.05, 4.69) is 15.9 Å². The summed E-state index contributed by atoms with van der Waals surface area (Å²) in [6, 6.07) is 5.16. The van der Waals surface area contributed by atoms with Crippen molar-refractivity contribution in [3.63, 3.8) is 0 Å². The number of hydrogen-bond donors (Lipinski definition) is 0. The van der Waals surface area contributed by atoms with Crippen LogP contribution >= 0.6 is 39.1 Å². The average Bonchev–Trinajstić information content (AvgIpc) is 2.80. The van der Waals surface area contributed by atoms with Gasteiger partial charge in [-0.05, 0) is 24.5 Å². The van der Waals surface area contributed by atoms with E-state index in [9.17, 15) is 4.79 Å². The van der Waals surface area contributed by atoms with Gasteiger partial charge in [-0.1, -0.05) is 45.2 Å². The van der Waals surface area contributed by atoms with Crippen LogP contribution in [0.1, 0.15) is 16.8 Å². The molecule has 1 aliphatic heterocycles. The summed E-state index contributed by atoms with van der Waals surface area (Å²) in [6.07, 6.45) is 1.04. The molecule has 1 aromatic carbocycles. The minimum atomic E-state index is -0.0269. The van der Waals surface area contributed by atoms with Crippen LogP contribution in [0.15, 0.2) is 18.2 Å². The van der Waals surface area contributed by atoms with E-state index in [-0.39, 0.29) is 5.91 Å². The molecule has 0 aliphatic carbocycles. The van der Waals surface area contributed by atoms with Crippen LogP contribution < -0.4 is 0 Å². The van der Waals surface area contributed by atoms with Crippen molar-refractivity contribution in [2.45, 2.75) is 6.42 Å². The first-order valence-corrected chi connectivity index (χ1v) is 7.30. The molecule has 1 saturated heterocycles. The van der Waals surface area contributed by atoms with Crippen molar-refractivity contribution in [3.05, 3.63) is 33.8 Å². The molecule has 5 heteroatoms. The largest absolute Gasteiger partial charge is 0.338 e. The van der Waals surface area contributed by atoms with Crippen molar-refractivity contribution in [3.8, 4) is 0 Å². The van der Waals surface area contributed by atoms with E-state index in [0.29, 0.717) is 21.5 Å². The summed E-state index contributed by atoms with van der Waals surface area (Å²) in [6.45, 7) is 1.57. The lowest BCUT2D eigenvalue weighted by molar-refractivity contribution is 0.0788. The van der Waals surface area contributed by atoms with Crippen LogP contribution in [0.2, 0.25) is 10.0 Å². The van der Waals surface area contributed by atoms with Crippen molar-refractivity contribution in [2.75, 3.05) is 18.4 Å². The van der Waals surface area contributed by atoms with E-state index in [1.165, 1.54) is 0 Å². The Morgan fingerprint density at radius 1 is 1.47 bits per heavy atom. The molecule has 0 N–H and O–H groups in total. The molecule has 17 heavy (non-hydrogen) atoms. The molecule has 0 saturated carbocycles. The Hall–Kier alpha value is -0.250. The van der Waals surface area contributed by atoms with E-state index in [1.807, 2.05) is 4.90 Å². The number of carbonyl (C=O) groups excluding carboxylic acids is 1. The average molecular weight is 337 g/mol. The number of carbonyl (C=O) groups is 1. The summed E-state index contributed by atoms with van der Waals surface area (Å²) in [5, 5.41) is 1.70. The van der Waals surface area contributed by atoms with Crippen LogP contribution in [-0.2, 0) is 0 Å². The quantitative estimate of drug-likeness (QED) is 0.751. The summed E-state index contributed by atoms with van der Waals surface area (Å²) in [7, 11) is 0. The fourth-order valence-corrected chi connectivity index (χ4v) is 2.89. The van der Waals surface area contributed by atoms with Gasteiger partial charge in [0.25, 0.3) is 5.91 Å². The number of alkyl halides is 1. The van der Waals surface area contributed by atoms with Crippen LogP contribution in [-0.4, -0.2) is 29.2 Å². The highest BCUT2D eigenvalue weighted by atomic mass is 79.9. The molecule has 1 heterocycles. The van der Waals surface area contributed by atoms with Gasteiger partial charge in [0, 0.05) is 18.4 Å². The monoisotopic (exact) mass is 335 g/mol. The van der Waals surface area contributed by atoms with Gasteiger partial charge < -0.3 is 4.90 Å². The first kappa shape index (κ1) is 13.2. The van der Waals surface area contributed by atoms with Crippen molar-refractivity contribution < 1.29 is 4.79 Å². The number of amides is 1. The highest BCUT2D eigenvalue weighted by Gasteiger charge is 2.27. The van der Waals surface area contributed by atoms with Gasteiger partial charge in [0.2, 0.25) is 0 Å². The second-order valence-corrected chi connectivity index (χ2v) is 5.59. The van der Waals surface area contributed by atoms with Crippen LogP contribution in [0.5, 0.6) is 0 Å². The molecule has 1 aromatic rings. The molecule has 0 spiro atoms. The van der Waals surface area contributed by atoms with Crippen molar-refractivity contribution in [1.29, 1.82) is 0 Å². The third-order valence-electron chi connectivity index (χ3n) is 2.97. The highest BCUT2D eigenvalue weighted by molar-refractivity contribution is 9.09. The Balaban J connectivity index is 2.18. The van der Waals surface area contributed by atoms with E-state index in [1.54, 1.807) is 18.2 Å². The summed E-state index contributed by atoms with van der Waals surface area (Å²) >= 11 is 15.4. The van der Waals surface area contributed by atoms with Crippen molar-refractivity contribution in [2.24, 2.45) is 5.92 Å². The molecule has 1 atom stereocenters. The third-order valence-corrected chi connectivity index (χ3v) is 4.71. The zero-order valence-electron chi connectivity index (χ0n) is 9.13. The first-order valence-electron chi connectivity index (χ1n) is 5.42. The van der Waals surface area contributed by atoms with Gasteiger partial charge >= 0.3 is 0 Å². The normalized spacial score (nSPS) is 19.7. The molecule has 1 unspecified atom stereocenters. The first-order chi connectivity index (χ1) is 8.13. The molecule has 1 amide bonds. The number of benzene rings is 1.